The van der Waals surface area contributed by atoms with Crippen LogP contribution in [0.1, 0.15) is 18.4 Å². The molecule has 0 spiro atoms. The molecule has 1 aromatic heterocycles. The molecule has 2 aromatic carbocycles. The SMILES string of the molecule is COC[C@@H]1CCCN1C(=O)Cc1ccc(-c2n[nH]c(=O)c3ccccc23)cc1. The van der Waals surface area contributed by atoms with Gasteiger partial charge in [0.15, 0.2) is 0 Å². The highest BCUT2D eigenvalue weighted by Gasteiger charge is 2.28. The summed E-state index contributed by atoms with van der Waals surface area (Å²) in [5.74, 6) is 0.139. The molecule has 1 aliphatic rings. The standard InChI is InChI=1S/C22H23N3O3/c1-28-14-17-5-4-12-25(17)20(26)13-15-8-10-16(11-9-15)21-18-6-2-3-7-19(18)22(27)24-23-21/h2-3,6-11,17H,4-5,12-14H2,1H3,(H,24,27)/t17-/m0/s1. The molecule has 1 saturated heterocycles. The van der Waals surface area contributed by atoms with Gasteiger partial charge in [-0.1, -0.05) is 42.5 Å². The van der Waals surface area contributed by atoms with Gasteiger partial charge in [-0.05, 0) is 24.5 Å². The van der Waals surface area contributed by atoms with Gasteiger partial charge in [-0.15, -0.1) is 0 Å². The third kappa shape index (κ3) is 3.55. The van der Waals surface area contributed by atoms with E-state index in [1.54, 1.807) is 13.2 Å². The van der Waals surface area contributed by atoms with Gasteiger partial charge in [0.2, 0.25) is 5.91 Å². The molecular formula is C22H23N3O3. The highest BCUT2D eigenvalue weighted by atomic mass is 16.5. The monoisotopic (exact) mass is 377 g/mol. The lowest BCUT2D eigenvalue weighted by molar-refractivity contribution is -0.132. The van der Waals surface area contributed by atoms with Gasteiger partial charge >= 0.3 is 0 Å². The Bertz CT molecular complexity index is 1040. The Morgan fingerprint density at radius 1 is 1.18 bits per heavy atom. The van der Waals surface area contributed by atoms with E-state index in [0.29, 0.717) is 18.4 Å². The number of methoxy groups -OCH3 is 1. The second kappa shape index (κ2) is 7.94. The molecule has 28 heavy (non-hydrogen) atoms. The van der Waals surface area contributed by atoms with E-state index in [0.717, 1.165) is 41.6 Å². The Kier molecular flexibility index (Phi) is 5.21. The van der Waals surface area contributed by atoms with Gasteiger partial charge in [0.1, 0.15) is 0 Å². The molecule has 4 rings (SSSR count). The minimum atomic E-state index is -0.196. The number of nitrogens with one attached hydrogen (secondary N) is 1. The number of likely N-dealkylation sites (tertiary alicyclic amines) is 1. The van der Waals surface area contributed by atoms with Crippen molar-refractivity contribution in [1.29, 1.82) is 0 Å². The van der Waals surface area contributed by atoms with Crippen molar-refractivity contribution in [3.63, 3.8) is 0 Å². The van der Waals surface area contributed by atoms with Gasteiger partial charge in [-0.25, -0.2) is 5.10 Å². The maximum atomic E-state index is 12.7. The number of aromatic amines is 1. The van der Waals surface area contributed by atoms with Gasteiger partial charge in [-0.3, -0.25) is 9.59 Å². The summed E-state index contributed by atoms with van der Waals surface area (Å²) in [4.78, 5) is 26.6. The van der Waals surface area contributed by atoms with Crippen LogP contribution in [0.4, 0.5) is 0 Å². The van der Waals surface area contributed by atoms with Crippen LogP contribution in [0.15, 0.2) is 53.3 Å². The minimum Gasteiger partial charge on any atom is -0.383 e. The van der Waals surface area contributed by atoms with Crippen molar-refractivity contribution < 1.29 is 9.53 Å². The van der Waals surface area contributed by atoms with E-state index in [1.165, 1.54) is 0 Å². The van der Waals surface area contributed by atoms with Crippen LogP contribution in [0.25, 0.3) is 22.0 Å². The number of hydrogen-bond donors (Lipinski definition) is 1. The maximum Gasteiger partial charge on any atom is 0.272 e. The van der Waals surface area contributed by atoms with E-state index in [2.05, 4.69) is 10.2 Å². The van der Waals surface area contributed by atoms with Crippen molar-refractivity contribution in [2.75, 3.05) is 20.3 Å². The van der Waals surface area contributed by atoms with Crippen molar-refractivity contribution in [3.8, 4) is 11.3 Å². The molecule has 0 aliphatic carbocycles. The van der Waals surface area contributed by atoms with E-state index in [1.807, 2.05) is 47.4 Å². The van der Waals surface area contributed by atoms with Gasteiger partial charge < -0.3 is 9.64 Å². The number of hydrogen-bond acceptors (Lipinski definition) is 4. The quantitative estimate of drug-likeness (QED) is 0.742. The smallest absolute Gasteiger partial charge is 0.272 e. The normalized spacial score (nSPS) is 16.6. The summed E-state index contributed by atoms with van der Waals surface area (Å²) in [6, 6.07) is 15.4. The van der Waals surface area contributed by atoms with Crippen LogP contribution >= 0.6 is 0 Å². The number of amides is 1. The van der Waals surface area contributed by atoms with Gasteiger partial charge in [0.25, 0.3) is 5.56 Å². The fourth-order valence-corrected chi connectivity index (χ4v) is 3.92. The molecule has 0 saturated carbocycles. The first kappa shape index (κ1) is 18.4. The van der Waals surface area contributed by atoms with Crippen molar-refractivity contribution in [1.82, 2.24) is 15.1 Å². The Labute approximate surface area is 163 Å². The second-order valence-corrected chi connectivity index (χ2v) is 7.16. The first-order chi connectivity index (χ1) is 13.7. The highest BCUT2D eigenvalue weighted by Crippen LogP contribution is 2.25. The molecule has 1 fully saturated rings. The zero-order valence-electron chi connectivity index (χ0n) is 15.9. The molecule has 6 heteroatoms. The molecule has 1 atom stereocenters. The molecule has 1 N–H and O–H groups in total. The molecule has 0 radical (unpaired) electrons. The molecule has 1 amide bonds. The molecular weight excluding hydrogens is 354 g/mol. The van der Waals surface area contributed by atoms with Gasteiger partial charge in [-0.2, -0.15) is 5.10 Å². The number of aromatic nitrogens is 2. The Morgan fingerprint density at radius 2 is 1.93 bits per heavy atom. The zero-order valence-corrected chi connectivity index (χ0v) is 15.9. The number of fused-ring (bicyclic) bond motifs is 1. The number of H-pyrrole nitrogens is 1. The number of benzene rings is 2. The summed E-state index contributed by atoms with van der Waals surface area (Å²) in [7, 11) is 1.67. The minimum absolute atomic E-state index is 0.139. The van der Waals surface area contributed by atoms with Crippen LogP contribution in [-0.2, 0) is 16.0 Å². The number of nitrogens with zero attached hydrogens (tertiary/aromatic N) is 2. The summed E-state index contributed by atoms with van der Waals surface area (Å²) in [6.07, 6.45) is 2.41. The number of rotatable bonds is 5. The predicted octanol–water partition coefficient (Wildman–Crippen LogP) is 2.77. The lowest BCUT2D eigenvalue weighted by Crippen LogP contribution is -2.38. The van der Waals surface area contributed by atoms with Gasteiger partial charge in [0.05, 0.1) is 30.1 Å². The summed E-state index contributed by atoms with van der Waals surface area (Å²) in [5, 5.41) is 8.23. The number of carbonyl (C=O) groups is 1. The zero-order chi connectivity index (χ0) is 19.5. The lowest BCUT2D eigenvalue weighted by Gasteiger charge is -2.24. The second-order valence-electron chi connectivity index (χ2n) is 7.16. The van der Waals surface area contributed by atoms with E-state index in [9.17, 15) is 9.59 Å². The van der Waals surface area contributed by atoms with Crippen molar-refractivity contribution >= 4 is 16.7 Å². The summed E-state index contributed by atoms with van der Waals surface area (Å²) < 4.78 is 5.24. The number of carbonyl (C=O) groups excluding carboxylic acids is 1. The summed E-state index contributed by atoms with van der Waals surface area (Å²) in [6.45, 7) is 1.40. The first-order valence-corrected chi connectivity index (χ1v) is 9.52. The predicted molar refractivity (Wildman–Crippen MR) is 108 cm³/mol. The van der Waals surface area contributed by atoms with Crippen molar-refractivity contribution in [2.24, 2.45) is 0 Å². The topological polar surface area (TPSA) is 75.3 Å². The molecule has 2 heterocycles. The maximum absolute atomic E-state index is 12.7. The summed E-state index contributed by atoms with van der Waals surface area (Å²) >= 11 is 0. The van der Waals surface area contributed by atoms with Crippen LogP contribution in [0, 0.1) is 0 Å². The van der Waals surface area contributed by atoms with E-state index < -0.39 is 0 Å². The molecule has 0 unspecified atom stereocenters. The average Bonchev–Trinajstić information content (AvgIpc) is 3.18. The highest BCUT2D eigenvalue weighted by molar-refractivity contribution is 5.93. The van der Waals surface area contributed by atoms with Crippen LogP contribution in [-0.4, -0.2) is 47.3 Å². The van der Waals surface area contributed by atoms with Gasteiger partial charge in [0, 0.05) is 24.6 Å². The van der Waals surface area contributed by atoms with Crippen LogP contribution in [0.2, 0.25) is 0 Å². The van der Waals surface area contributed by atoms with E-state index >= 15 is 0 Å². The van der Waals surface area contributed by atoms with E-state index in [4.69, 9.17) is 4.74 Å². The van der Waals surface area contributed by atoms with E-state index in [-0.39, 0.29) is 17.5 Å². The Hall–Kier alpha value is -2.99. The Morgan fingerprint density at radius 3 is 2.68 bits per heavy atom. The third-order valence-corrected chi connectivity index (χ3v) is 5.34. The molecule has 1 aliphatic heterocycles. The lowest BCUT2D eigenvalue weighted by atomic mass is 10.0. The van der Waals surface area contributed by atoms with Crippen molar-refractivity contribution in [3.05, 3.63) is 64.4 Å². The van der Waals surface area contributed by atoms with Crippen molar-refractivity contribution in [2.45, 2.75) is 25.3 Å². The fraction of sp³-hybridized carbons (Fsp3) is 0.318. The average molecular weight is 377 g/mol. The van der Waals surface area contributed by atoms with Crippen LogP contribution < -0.4 is 5.56 Å². The largest absolute Gasteiger partial charge is 0.383 e. The first-order valence-electron chi connectivity index (χ1n) is 9.52. The molecule has 6 nitrogen and oxygen atoms in total. The summed E-state index contributed by atoms with van der Waals surface area (Å²) in [5.41, 5.74) is 2.40. The van der Waals surface area contributed by atoms with Crippen LogP contribution in [0.5, 0.6) is 0 Å². The van der Waals surface area contributed by atoms with Crippen LogP contribution in [0.3, 0.4) is 0 Å². The molecule has 3 aromatic rings. The molecule has 144 valence electrons. The third-order valence-electron chi connectivity index (χ3n) is 5.34. The number of ether oxygens (including phenoxy) is 1. The molecule has 0 bridgehead atoms. The fourth-order valence-electron chi connectivity index (χ4n) is 3.92. The Balaban J connectivity index is 1.54.